The zero-order valence-electron chi connectivity index (χ0n) is 13.1. The van der Waals surface area contributed by atoms with Crippen LogP contribution in [0.15, 0.2) is 53.7 Å². The van der Waals surface area contributed by atoms with E-state index in [0.29, 0.717) is 12.1 Å². The van der Waals surface area contributed by atoms with Crippen LogP contribution in [0.1, 0.15) is 24.1 Å². The summed E-state index contributed by atoms with van der Waals surface area (Å²) >= 11 is 0. The van der Waals surface area contributed by atoms with Gasteiger partial charge >= 0.3 is 0 Å². The maximum atomic E-state index is 12.3. The van der Waals surface area contributed by atoms with E-state index in [0.717, 1.165) is 5.56 Å². The van der Waals surface area contributed by atoms with Crippen molar-refractivity contribution in [3.8, 4) is 0 Å². The SMILES string of the molecule is Cc1ccc(CNC(=O)C(C)n2ncn3cccc3c2=O)cc1. The van der Waals surface area contributed by atoms with Gasteiger partial charge in [-0.05, 0) is 31.5 Å². The van der Waals surface area contributed by atoms with Gasteiger partial charge in [-0.1, -0.05) is 29.8 Å². The van der Waals surface area contributed by atoms with Crippen molar-refractivity contribution in [2.24, 2.45) is 0 Å². The number of carbonyl (C=O) groups excluding carboxylic acids is 1. The number of benzene rings is 1. The molecule has 1 unspecified atom stereocenters. The molecule has 1 aromatic carbocycles. The number of hydrogen-bond acceptors (Lipinski definition) is 3. The number of fused-ring (bicyclic) bond motifs is 1. The van der Waals surface area contributed by atoms with Crippen LogP contribution in [0.5, 0.6) is 0 Å². The molecule has 0 spiro atoms. The Morgan fingerprint density at radius 3 is 2.74 bits per heavy atom. The highest BCUT2D eigenvalue weighted by atomic mass is 16.2. The van der Waals surface area contributed by atoms with Crippen molar-refractivity contribution >= 4 is 11.4 Å². The number of aromatic nitrogens is 3. The Kier molecular flexibility index (Phi) is 3.97. The lowest BCUT2D eigenvalue weighted by Gasteiger charge is -2.14. The predicted octanol–water partition coefficient (Wildman–Crippen LogP) is 1.68. The van der Waals surface area contributed by atoms with Crippen LogP contribution < -0.4 is 10.9 Å². The van der Waals surface area contributed by atoms with Crippen LogP contribution in [-0.2, 0) is 11.3 Å². The maximum Gasteiger partial charge on any atom is 0.291 e. The van der Waals surface area contributed by atoms with Crippen molar-refractivity contribution in [1.82, 2.24) is 19.5 Å². The summed E-state index contributed by atoms with van der Waals surface area (Å²) in [6.45, 7) is 4.10. The third-order valence-corrected chi connectivity index (χ3v) is 3.84. The van der Waals surface area contributed by atoms with Gasteiger partial charge in [-0.3, -0.25) is 9.59 Å². The van der Waals surface area contributed by atoms with Gasteiger partial charge in [0.05, 0.1) is 0 Å². The number of carbonyl (C=O) groups is 1. The van der Waals surface area contributed by atoms with Crippen LogP contribution >= 0.6 is 0 Å². The Morgan fingerprint density at radius 2 is 2.00 bits per heavy atom. The smallest absolute Gasteiger partial charge is 0.291 e. The minimum Gasteiger partial charge on any atom is -0.350 e. The summed E-state index contributed by atoms with van der Waals surface area (Å²) < 4.78 is 2.84. The first-order valence-electron chi connectivity index (χ1n) is 7.44. The molecule has 3 rings (SSSR count). The van der Waals surface area contributed by atoms with Crippen molar-refractivity contribution in [3.63, 3.8) is 0 Å². The lowest BCUT2D eigenvalue weighted by molar-refractivity contribution is -0.124. The highest BCUT2D eigenvalue weighted by molar-refractivity contribution is 5.79. The Bertz CT molecular complexity index is 893. The van der Waals surface area contributed by atoms with Crippen LogP contribution in [0.2, 0.25) is 0 Å². The Labute approximate surface area is 133 Å². The third-order valence-electron chi connectivity index (χ3n) is 3.84. The molecule has 0 aliphatic heterocycles. The summed E-state index contributed by atoms with van der Waals surface area (Å²) in [6, 6.07) is 10.7. The topological polar surface area (TPSA) is 68.4 Å². The molecule has 0 aliphatic carbocycles. The minimum absolute atomic E-state index is 0.240. The summed E-state index contributed by atoms with van der Waals surface area (Å²) in [7, 11) is 0. The average Bonchev–Trinajstić information content (AvgIpc) is 3.03. The monoisotopic (exact) mass is 310 g/mol. The Balaban J connectivity index is 1.74. The van der Waals surface area contributed by atoms with Crippen LogP contribution in [0.4, 0.5) is 0 Å². The summed E-state index contributed by atoms with van der Waals surface area (Å²) in [4.78, 5) is 24.6. The van der Waals surface area contributed by atoms with E-state index < -0.39 is 6.04 Å². The summed E-state index contributed by atoms with van der Waals surface area (Å²) in [5.41, 5.74) is 2.40. The van der Waals surface area contributed by atoms with E-state index in [1.807, 2.05) is 31.2 Å². The molecule has 3 aromatic rings. The second kappa shape index (κ2) is 6.08. The molecular weight excluding hydrogens is 292 g/mol. The lowest BCUT2D eigenvalue weighted by atomic mass is 10.1. The number of rotatable bonds is 4. The Morgan fingerprint density at radius 1 is 1.26 bits per heavy atom. The fourth-order valence-corrected chi connectivity index (χ4v) is 2.39. The predicted molar refractivity (Wildman–Crippen MR) is 87.2 cm³/mol. The molecule has 2 heterocycles. The van der Waals surface area contributed by atoms with Crippen molar-refractivity contribution < 1.29 is 4.79 Å². The van der Waals surface area contributed by atoms with Gasteiger partial charge in [0.25, 0.3) is 5.56 Å². The first kappa shape index (κ1) is 15.0. The van der Waals surface area contributed by atoms with Crippen LogP contribution in [0.25, 0.3) is 5.52 Å². The first-order chi connectivity index (χ1) is 11.1. The van der Waals surface area contributed by atoms with Gasteiger partial charge in [-0.2, -0.15) is 5.10 Å². The number of nitrogens with one attached hydrogen (secondary N) is 1. The fourth-order valence-electron chi connectivity index (χ4n) is 2.39. The zero-order valence-corrected chi connectivity index (χ0v) is 13.1. The molecule has 2 aromatic heterocycles. The normalized spacial score (nSPS) is 12.3. The number of amides is 1. The molecule has 0 saturated heterocycles. The van der Waals surface area contributed by atoms with Crippen LogP contribution in [0, 0.1) is 6.92 Å². The molecule has 0 radical (unpaired) electrons. The first-order valence-corrected chi connectivity index (χ1v) is 7.44. The molecule has 6 nitrogen and oxygen atoms in total. The number of hydrogen-bond donors (Lipinski definition) is 1. The highest BCUT2D eigenvalue weighted by Gasteiger charge is 2.18. The summed E-state index contributed by atoms with van der Waals surface area (Å²) in [5, 5.41) is 6.91. The number of nitrogens with zero attached hydrogens (tertiary/aromatic N) is 3. The molecule has 6 heteroatoms. The van der Waals surface area contributed by atoms with Gasteiger partial charge < -0.3 is 9.72 Å². The highest BCUT2D eigenvalue weighted by Crippen LogP contribution is 2.06. The van der Waals surface area contributed by atoms with E-state index in [1.165, 1.54) is 16.6 Å². The van der Waals surface area contributed by atoms with E-state index in [4.69, 9.17) is 0 Å². The summed E-state index contributed by atoms with van der Waals surface area (Å²) in [5.74, 6) is -0.240. The van der Waals surface area contributed by atoms with Crippen LogP contribution in [-0.4, -0.2) is 20.1 Å². The second-order valence-electron chi connectivity index (χ2n) is 5.56. The van der Waals surface area contributed by atoms with E-state index in [1.54, 1.807) is 29.7 Å². The largest absolute Gasteiger partial charge is 0.350 e. The molecule has 1 N–H and O–H groups in total. The van der Waals surface area contributed by atoms with E-state index in [-0.39, 0.29) is 11.5 Å². The second-order valence-corrected chi connectivity index (χ2v) is 5.56. The molecule has 0 fully saturated rings. The zero-order chi connectivity index (χ0) is 16.4. The van der Waals surface area contributed by atoms with Gasteiger partial charge in [0.1, 0.15) is 17.9 Å². The van der Waals surface area contributed by atoms with Gasteiger partial charge in [-0.25, -0.2) is 4.68 Å². The molecule has 0 saturated carbocycles. The summed E-state index contributed by atoms with van der Waals surface area (Å²) in [6.07, 6.45) is 3.27. The Hall–Kier alpha value is -2.89. The van der Waals surface area contributed by atoms with Crippen molar-refractivity contribution in [3.05, 3.63) is 70.4 Å². The van der Waals surface area contributed by atoms with Gasteiger partial charge in [0.2, 0.25) is 5.91 Å². The number of aryl methyl sites for hydroxylation is 1. The molecule has 0 aliphatic rings. The lowest BCUT2D eigenvalue weighted by Crippen LogP contribution is -2.37. The molecule has 23 heavy (non-hydrogen) atoms. The van der Waals surface area contributed by atoms with Gasteiger partial charge in [0, 0.05) is 12.7 Å². The minimum atomic E-state index is -0.673. The van der Waals surface area contributed by atoms with E-state index in [2.05, 4.69) is 10.4 Å². The molecular formula is C17H18N4O2. The molecule has 0 bridgehead atoms. The van der Waals surface area contributed by atoms with Gasteiger partial charge in [0.15, 0.2) is 0 Å². The maximum absolute atomic E-state index is 12.3. The molecule has 1 amide bonds. The standard InChI is InChI=1S/C17H18N4O2/c1-12-5-7-14(8-6-12)10-18-16(22)13(2)21-17(23)15-4-3-9-20(15)11-19-21/h3-9,11,13H,10H2,1-2H3,(H,18,22). The van der Waals surface area contributed by atoms with Crippen molar-refractivity contribution in [2.75, 3.05) is 0 Å². The van der Waals surface area contributed by atoms with E-state index >= 15 is 0 Å². The molecule has 118 valence electrons. The fraction of sp³-hybridized carbons (Fsp3) is 0.235. The molecule has 1 atom stereocenters. The van der Waals surface area contributed by atoms with Crippen LogP contribution in [0.3, 0.4) is 0 Å². The van der Waals surface area contributed by atoms with E-state index in [9.17, 15) is 9.59 Å². The van der Waals surface area contributed by atoms with Crippen molar-refractivity contribution in [1.29, 1.82) is 0 Å². The quantitative estimate of drug-likeness (QED) is 0.797. The average molecular weight is 310 g/mol. The van der Waals surface area contributed by atoms with Gasteiger partial charge in [-0.15, -0.1) is 0 Å². The van der Waals surface area contributed by atoms with Crippen molar-refractivity contribution in [2.45, 2.75) is 26.4 Å². The third kappa shape index (κ3) is 3.01.